The first-order chi connectivity index (χ1) is 9.18. The molecule has 0 spiro atoms. The summed E-state index contributed by atoms with van der Waals surface area (Å²) < 4.78 is 29.8. The molecule has 0 amide bonds. The second kappa shape index (κ2) is 7.06. The standard InChI is InChI=1S/C15H22O3S/c16-19(17,15-12-8-5-9-13-15)18-14-10-6-3-1-2-4-7-11-14/h5,8-9,12-14H,1-4,6-7,10-11H2. The quantitative estimate of drug-likeness (QED) is 0.790. The molecule has 19 heavy (non-hydrogen) atoms. The van der Waals surface area contributed by atoms with Crippen molar-refractivity contribution in [3.8, 4) is 0 Å². The van der Waals surface area contributed by atoms with Gasteiger partial charge in [-0.25, -0.2) is 0 Å². The van der Waals surface area contributed by atoms with Gasteiger partial charge in [-0.1, -0.05) is 56.7 Å². The third-order valence-electron chi connectivity index (χ3n) is 3.60. The molecular weight excluding hydrogens is 260 g/mol. The van der Waals surface area contributed by atoms with Crippen LogP contribution in [0.25, 0.3) is 0 Å². The fourth-order valence-electron chi connectivity index (χ4n) is 2.51. The van der Waals surface area contributed by atoms with Gasteiger partial charge in [0.05, 0.1) is 11.0 Å². The van der Waals surface area contributed by atoms with Crippen molar-refractivity contribution in [2.45, 2.75) is 62.4 Å². The highest BCUT2D eigenvalue weighted by Crippen LogP contribution is 2.23. The Morgan fingerprint density at radius 2 is 1.37 bits per heavy atom. The van der Waals surface area contributed by atoms with Gasteiger partial charge in [-0.3, -0.25) is 4.18 Å². The monoisotopic (exact) mass is 282 g/mol. The molecule has 0 atom stereocenters. The molecule has 0 aromatic heterocycles. The van der Waals surface area contributed by atoms with Gasteiger partial charge < -0.3 is 0 Å². The predicted octanol–water partition coefficient (Wildman–Crippen LogP) is 3.89. The molecule has 0 bridgehead atoms. The van der Waals surface area contributed by atoms with Gasteiger partial charge in [0.2, 0.25) is 0 Å². The van der Waals surface area contributed by atoms with Crippen LogP contribution in [0.15, 0.2) is 35.2 Å². The van der Waals surface area contributed by atoms with E-state index in [4.69, 9.17) is 4.18 Å². The second-order valence-electron chi connectivity index (χ2n) is 5.18. The van der Waals surface area contributed by atoms with Crippen molar-refractivity contribution < 1.29 is 12.6 Å². The van der Waals surface area contributed by atoms with Crippen molar-refractivity contribution in [1.29, 1.82) is 0 Å². The summed E-state index contributed by atoms with van der Waals surface area (Å²) in [5.74, 6) is 0. The number of hydrogen-bond acceptors (Lipinski definition) is 3. The average Bonchev–Trinajstić information content (AvgIpc) is 2.53. The van der Waals surface area contributed by atoms with Crippen molar-refractivity contribution in [2.24, 2.45) is 0 Å². The first kappa shape index (κ1) is 14.5. The Labute approximate surface area is 116 Å². The van der Waals surface area contributed by atoms with Crippen LogP contribution in [-0.2, 0) is 14.3 Å². The summed E-state index contributed by atoms with van der Waals surface area (Å²) in [6.45, 7) is 0. The lowest BCUT2D eigenvalue weighted by Crippen LogP contribution is -2.18. The Morgan fingerprint density at radius 3 is 1.95 bits per heavy atom. The summed E-state index contributed by atoms with van der Waals surface area (Å²) >= 11 is 0. The fraction of sp³-hybridized carbons (Fsp3) is 0.600. The summed E-state index contributed by atoms with van der Waals surface area (Å²) in [5, 5.41) is 0. The topological polar surface area (TPSA) is 43.4 Å². The summed E-state index contributed by atoms with van der Waals surface area (Å²) in [5.41, 5.74) is 0. The largest absolute Gasteiger partial charge is 0.297 e. The molecule has 1 saturated carbocycles. The van der Waals surface area contributed by atoms with Gasteiger partial charge >= 0.3 is 0 Å². The predicted molar refractivity (Wildman–Crippen MR) is 75.4 cm³/mol. The van der Waals surface area contributed by atoms with Crippen LogP contribution >= 0.6 is 0 Å². The van der Waals surface area contributed by atoms with E-state index in [-0.39, 0.29) is 11.0 Å². The molecular formula is C15H22O3S. The van der Waals surface area contributed by atoms with Gasteiger partial charge in [0.25, 0.3) is 10.1 Å². The van der Waals surface area contributed by atoms with Crippen LogP contribution in [0.1, 0.15) is 51.4 Å². The van der Waals surface area contributed by atoms with Crippen LogP contribution in [0.2, 0.25) is 0 Å². The minimum atomic E-state index is -3.60. The molecule has 0 saturated heterocycles. The first-order valence-corrected chi connectivity index (χ1v) is 8.58. The zero-order valence-electron chi connectivity index (χ0n) is 11.3. The maximum absolute atomic E-state index is 12.2. The molecule has 1 aromatic rings. The van der Waals surface area contributed by atoms with Crippen LogP contribution in [0, 0.1) is 0 Å². The Hall–Kier alpha value is -0.870. The summed E-state index contributed by atoms with van der Waals surface area (Å²) in [4.78, 5) is 0.259. The molecule has 0 heterocycles. The lowest BCUT2D eigenvalue weighted by atomic mass is 10.1. The number of hydrogen-bond donors (Lipinski definition) is 0. The maximum atomic E-state index is 12.2. The van der Waals surface area contributed by atoms with Crippen molar-refractivity contribution in [2.75, 3.05) is 0 Å². The Balaban J connectivity index is 2.01. The van der Waals surface area contributed by atoms with Gasteiger partial charge in [-0.05, 0) is 25.0 Å². The van der Waals surface area contributed by atoms with Crippen LogP contribution < -0.4 is 0 Å². The highest BCUT2D eigenvalue weighted by atomic mass is 32.2. The molecule has 2 rings (SSSR count). The van der Waals surface area contributed by atoms with Gasteiger partial charge in [0.15, 0.2) is 0 Å². The number of rotatable bonds is 3. The van der Waals surface area contributed by atoms with E-state index in [9.17, 15) is 8.42 Å². The lowest BCUT2D eigenvalue weighted by molar-refractivity contribution is 0.183. The third kappa shape index (κ3) is 4.62. The van der Waals surface area contributed by atoms with Crippen LogP contribution in [-0.4, -0.2) is 14.5 Å². The highest BCUT2D eigenvalue weighted by Gasteiger charge is 2.21. The SMILES string of the molecule is O=S(=O)(OC1CCCCCCCC1)c1ccccc1. The number of benzene rings is 1. The van der Waals surface area contributed by atoms with E-state index < -0.39 is 10.1 Å². The van der Waals surface area contributed by atoms with Gasteiger partial charge in [-0.2, -0.15) is 8.42 Å². The summed E-state index contributed by atoms with van der Waals surface area (Å²) in [7, 11) is -3.60. The Morgan fingerprint density at radius 1 is 0.842 bits per heavy atom. The summed E-state index contributed by atoms with van der Waals surface area (Å²) in [6.07, 6.45) is 8.58. The zero-order valence-corrected chi connectivity index (χ0v) is 12.1. The molecule has 1 aliphatic rings. The van der Waals surface area contributed by atoms with Crippen LogP contribution in [0.5, 0.6) is 0 Å². The fourth-order valence-corrected chi connectivity index (χ4v) is 3.67. The molecule has 106 valence electrons. The van der Waals surface area contributed by atoms with E-state index in [2.05, 4.69) is 0 Å². The molecule has 0 aliphatic heterocycles. The minimum Gasteiger partial charge on any atom is -0.263 e. The smallest absolute Gasteiger partial charge is 0.263 e. The van der Waals surface area contributed by atoms with E-state index in [0.29, 0.717) is 0 Å². The van der Waals surface area contributed by atoms with Gasteiger partial charge in [0.1, 0.15) is 0 Å². The molecule has 1 aliphatic carbocycles. The zero-order chi connectivity index (χ0) is 13.6. The molecule has 3 nitrogen and oxygen atoms in total. The van der Waals surface area contributed by atoms with Gasteiger partial charge in [-0.15, -0.1) is 0 Å². The minimum absolute atomic E-state index is 0.150. The van der Waals surface area contributed by atoms with E-state index in [1.165, 1.54) is 25.7 Å². The molecule has 4 heteroatoms. The molecule has 0 unspecified atom stereocenters. The van der Waals surface area contributed by atoms with Crippen LogP contribution in [0.3, 0.4) is 0 Å². The molecule has 0 radical (unpaired) electrons. The van der Waals surface area contributed by atoms with E-state index in [1.807, 2.05) is 0 Å². The highest BCUT2D eigenvalue weighted by molar-refractivity contribution is 7.86. The van der Waals surface area contributed by atoms with E-state index in [1.54, 1.807) is 30.3 Å². The second-order valence-corrected chi connectivity index (χ2v) is 6.76. The van der Waals surface area contributed by atoms with E-state index in [0.717, 1.165) is 25.7 Å². The van der Waals surface area contributed by atoms with Crippen LogP contribution in [0.4, 0.5) is 0 Å². The van der Waals surface area contributed by atoms with Crippen molar-refractivity contribution in [3.63, 3.8) is 0 Å². The molecule has 1 aromatic carbocycles. The van der Waals surface area contributed by atoms with Gasteiger partial charge in [0, 0.05) is 0 Å². The maximum Gasteiger partial charge on any atom is 0.297 e. The Kier molecular flexibility index (Phi) is 5.40. The molecule has 0 N–H and O–H groups in total. The third-order valence-corrected chi connectivity index (χ3v) is 4.97. The van der Waals surface area contributed by atoms with Crippen molar-refractivity contribution >= 4 is 10.1 Å². The normalized spacial score (nSPS) is 19.4. The average molecular weight is 282 g/mol. The Bertz CT molecular complexity index is 457. The van der Waals surface area contributed by atoms with E-state index >= 15 is 0 Å². The van der Waals surface area contributed by atoms with Crippen molar-refractivity contribution in [3.05, 3.63) is 30.3 Å². The lowest BCUT2D eigenvalue weighted by Gasteiger charge is -2.16. The first-order valence-electron chi connectivity index (χ1n) is 7.17. The molecule has 1 fully saturated rings. The van der Waals surface area contributed by atoms with Crippen molar-refractivity contribution in [1.82, 2.24) is 0 Å². The summed E-state index contributed by atoms with van der Waals surface area (Å²) in [6, 6.07) is 8.42.